The molecule has 0 saturated carbocycles. The molecule has 0 aliphatic heterocycles. The van der Waals surface area contributed by atoms with Gasteiger partial charge in [-0.15, -0.1) is 0 Å². The number of carbonyl (C=O) groups excluding carboxylic acids is 1. The minimum Gasteiger partial charge on any atom is -0.497 e. The van der Waals surface area contributed by atoms with E-state index in [2.05, 4.69) is 5.32 Å². The van der Waals surface area contributed by atoms with Crippen LogP contribution in [0.2, 0.25) is 0 Å². The zero-order chi connectivity index (χ0) is 18.4. The van der Waals surface area contributed by atoms with E-state index in [0.717, 1.165) is 17.7 Å². The summed E-state index contributed by atoms with van der Waals surface area (Å²) < 4.78 is 27.8. The van der Waals surface area contributed by atoms with Gasteiger partial charge in [-0.25, -0.2) is 8.42 Å². The van der Waals surface area contributed by atoms with Gasteiger partial charge in [0.2, 0.25) is 0 Å². The van der Waals surface area contributed by atoms with Crippen LogP contribution in [0.4, 0.5) is 0 Å². The summed E-state index contributed by atoms with van der Waals surface area (Å²) in [5.74, 6) is 0.554. The van der Waals surface area contributed by atoms with Gasteiger partial charge in [0.15, 0.2) is 9.84 Å². The molecule has 0 aliphatic rings. The Hall–Kier alpha value is -2.34. The fourth-order valence-corrected chi connectivity index (χ4v) is 3.35. The first-order chi connectivity index (χ1) is 11.8. The quantitative estimate of drug-likeness (QED) is 0.822. The normalized spacial score (nSPS) is 12.4. The van der Waals surface area contributed by atoms with E-state index in [1.807, 2.05) is 31.2 Å². The lowest BCUT2D eigenvalue weighted by Crippen LogP contribution is -2.28. The first-order valence-corrected chi connectivity index (χ1v) is 10.1. The van der Waals surface area contributed by atoms with Gasteiger partial charge in [0, 0.05) is 11.8 Å². The van der Waals surface area contributed by atoms with Crippen LogP contribution >= 0.6 is 0 Å². The topological polar surface area (TPSA) is 72.5 Å². The van der Waals surface area contributed by atoms with Crippen LogP contribution in [0.1, 0.15) is 40.9 Å². The Morgan fingerprint density at radius 1 is 1.08 bits per heavy atom. The largest absolute Gasteiger partial charge is 0.497 e. The first kappa shape index (κ1) is 19.0. The maximum absolute atomic E-state index is 12.5. The highest BCUT2D eigenvalue weighted by atomic mass is 32.2. The van der Waals surface area contributed by atoms with Crippen molar-refractivity contribution < 1.29 is 17.9 Å². The molecular weight excluding hydrogens is 338 g/mol. The lowest BCUT2D eigenvalue weighted by atomic mass is 10.0. The third-order valence-corrected chi connectivity index (χ3v) is 4.73. The van der Waals surface area contributed by atoms with E-state index in [0.29, 0.717) is 11.1 Å². The van der Waals surface area contributed by atoms with Crippen molar-refractivity contribution in [2.24, 2.45) is 0 Å². The molecule has 1 unspecified atom stereocenters. The molecule has 0 spiro atoms. The molecule has 0 aromatic heterocycles. The van der Waals surface area contributed by atoms with Crippen LogP contribution < -0.4 is 10.1 Å². The van der Waals surface area contributed by atoms with Gasteiger partial charge in [0.25, 0.3) is 5.91 Å². The van der Waals surface area contributed by atoms with Gasteiger partial charge < -0.3 is 10.1 Å². The van der Waals surface area contributed by atoms with Crippen molar-refractivity contribution in [2.75, 3.05) is 13.4 Å². The van der Waals surface area contributed by atoms with Gasteiger partial charge in [-0.1, -0.05) is 31.2 Å². The smallest absolute Gasteiger partial charge is 0.251 e. The van der Waals surface area contributed by atoms with Crippen LogP contribution in [0.5, 0.6) is 5.75 Å². The Kier molecular flexibility index (Phi) is 6.20. The number of carbonyl (C=O) groups is 1. The summed E-state index contributed by atoms with van der Waals surface area (Å²) in [6, 6.07) is 14.1. The average Bonchev–Trinajstić information content (AvgIpc) is 2.59. The fraction of sp³-hybridized carbons (Fsp3) is 0.316. The Morgan fingerprint density at radius 2 is 1.68 bits per heavy atom. The first-order valence-electron chi connectivity index (χ1n) is 8.04. The second-order valence-electron chi connectivity index (χ2n) is 5.97. The lowest BCUT2D eigenvalue weighted by molar-refractivity contribution is 0.0935. The number of amides is 1. The second-order valence-corrected chi connectivity index (χ2v) is 8.11. The van der Waals surface area contributed by atoms with Gasteiger partial charge >= 0.3 is 0 Å². The van der Waals surface area contributed by atoms with Crippen LogP contribution in [0.3, 0.4) is 0 Å². The number of benzene rings is 2. The van der Waals surface area contributed by atoms with E-state index in [-0.39, 0.29) is 17.7 Å². The maximum atomic E-state index is 12.5. The highest BCUT2D eigenvalue weighted by Crippen LogP contribution is 2.20. The van der Waals surface area contributed by atoms with Crippen LogP contribution in [-0.2, 0) is 15.6 Å². The standard InChI is InChI=1S/C19H23NO4S/c1-4-18(15-9-11-17(24-2)12-10-15)20-19(21)16-7-5-14(6-8-16)13-25(3,22)23/h5-12,18H,4,13H2,1-3H3,(H,20,21). The van der Waals surface area contributed by atoms with Crippen molar-refractivity contribution >= 4 is 15.7 Å². The summed E-state index contributed by atoms with van der Waals surface area (Å²) in [7, 11) is -1.47. The molecule has 2 aromatic rings. The summed E-state index contributed by atoms with van der Waals surface area (Å²) in [5.41, 5.74) is 2.18. The Balaban J connectivity index is 2.08. The Labute approximate surface area is 148 Å². The molecule has 2 rings (SSSR count). The zero-order valence-electron chi connectivity index (χ0n) is 14.7. The Morgan fingerprint density at radius 3 is 2.16 bits per heavy atom. The monoisotopic (exact) mass is 361 g/mol. The molecule has 25 heavy (non-hydrogen) atoms. The summed E-state index contributed by atoms with van der Waals surface area (Å²) in [6.45, 7) is 2.00. The molecule has 0 heterocycles. The number of hydrogen-bond donors (Lipinski definition) is 1. The fourth-order valence-electron chi connectivity index (χ4n) is 2.55. The van der Waals surface area contributed by atoms with Crippen molar-refractivity contribution in [1.29, 1.82) is 0 Å². The minimum atomic E-state index is -3.09. The summed E-state index contributed by atoms with van der Waals surface area (Å²) in [5, 5.41) is 3.01. The van der Waals surface area contributed by atoms with Crippen LogP contribution in [-0.4, -0.2) is 27.7 Å². The maximum Gasteiger partial charge on any atom is 0.251 e. The van der Waals surface area contributed by atoms with Gasteiger partial charge in [-0.05, 0) is 41.8 Å². The molecular formula is C19H23NO4S. The highest BCUT2D eigenvalue weighted by Gasteiger charge is 2.14. The number of methoxy groups -OCH3 is 1. The average molecular weight is 361 g/mol. The molecule has 1 N–H and O–H groups in total. The molecule has 0 fully saturated rings. The van der Waals surface area contributed by atoms with Gasteiger partial charge in [0.1, 0.15) is 5.75 Å². The van der Waals surface area contributed by atoms with Crippen molar-refractivity contribution in [2.45, 2.75) is 25.1 Å². The zero-order valence-corrected chi connectivity index (χ0v) is 15.5. The van der Waals surface area contributed by atoms with E-state index in [4.69, 9.17) is 4.74 Å². The van der Waals surface area contributed by atoms with E-state index in [1.165, 1.54) is 6.26 Å². The predicted octanol–water partition coefficient (Wildman–Crippen LogP) is 3.12. The van der Waals surface area contributed by atoms with Crippen molar-refractivity contribution in [3.05, 3.63) is 65.2 Å². The summed E-state index contributed by atoms with van der Waals surface area (Å²) >= 11 is 0. The third-order valence-electron chi connectivity index (χ3n) is 3.88. The van der Waals surface area contributed by atoms with Crippen LogP contribution in [0.25, 0.3) is 0 Å². The second kappa shape index (κ2) is 8.16. The van der Waals surface area contributed by atoms with Gasteiger partial charge in [-0.2, -0.15) is 0 Å². The van der Waals surface area contributed by atoms with Crippen LogP contribution in [0, 0.1) is 0 Å². The van der Waals surface area contributed by atoms with E-state index in [1.54, 1.807) is 31.4 Å². The van der Waals surface area contributed by atoms with E-state index in [9.17, 15) is 13.2 Å². The van der Waals surface area contributed by atoms with Gasteiger partial charge in [-0.3, -0.25) is 4.79 Å². The summed E-state index contributed by atoms with van der Waals surface area (Å²) in [6.07, 6.45) is 1.94. The van der Waals surface area contributed by atoms with E-state index >= 15 is 0 Å². The molecule has 0 bridgehead atoms. The van der Waals surface area contributed by atoms with E-state index < -0.39 is 9.84 Å². The molecule has 0 radical (unpaired) electrons. The number of nitrogens with one attached hydrogen (secondary N) is 1. The lowest BCUT2D eigenvalue weighted by Gasteiger charge is -2.18. The molecule has 134 valence electrons. The highest BCUT2D eigenvalue weighted by molar-refractivity contribution is 7.89. The van der Waals surface area contributed by atoms with Crippen molar-refractivity contribution in [3.8, 4) is 5.75 Å². The van der Waals surface area contributed by atoms with Crippen molar-refractivity contribution in [3.63, 3.8) is 0 Å². The number of sulfone groups is 1. The predicted molar refractivity (Wildman–Crippen MR) is 98.5 cm³/mol. The molecule has 1 atom stereocenters. The third kappa shape index (κ3) is 5.60. The van der Waals surface area contributed by atoms with Crippen LogP contribution in [0.15, 0.2) is 48.5 Å². The minimum absolute atomic E-state index is 0.0294. The molecule has 6 heteroatoms. The number of rotatable bonds is 7. The van der Waals surface area contributed by atoms with Crippen molar-refractivity contribution in [1.82, 2.24) is 5.32 Å². The molecule has 1 amide bonds. The molecule has 0 saturated heterocycles. The molecule has 2 aromatic carbocycles. The van der Waals surface area contributed by atoms with Gasteiger partial charge in [0.05, 0.1) is 18.9 Å². The molecule has 0 aliphatic carbocycles. The molecule has 5 nitrogen and oxygen atoms in total. The SMILES string of the molecule is CCC(NC(=O)c1ccc(CS(C)(=O)=O)cc1)c1ccc(OC)cc1. The number of ether oxygens (including phenoxy) is 1. The summed E-state index contributed by atoms with van der Waals surface area (Å²) in [4.78, 5) is 12.5. The number of hydrogen-bond acceptors (Lipinski definition) is 4. The Bertz CT molecular complexity index is 812.